The van der Waals surface area contributed by atoms with Crippen molar-refractivity contribution in [3.8, 4) is 0 Å². The van der Waals surface area contributed by atoms with E-state index in [1.807, 2.05) is 0 Å². The van der Waals surface area contributed by atoms with Crippen molar-refractivity contribution in [2.24, 2.45) is 0 Å². The molecule has 3 aromatic rings. The maximum absolute atomic E-state index is 13.9. The third-order valence-corrected chi connectivity index (χ3v) is 5.29. The Morgan fingerprint density at radius 3 is 2.68 bits per heavy atom. The summed E-state index contributed by atoms with van der Waals surface area (Å²) in [6, 6.07) is 9.21. The average Bonchev–Trinajstić information content (AvgIpc) is 3.16. The van der Waals surface area contributed by atoms with Gasteiger partial charge in [0.1, 0.15) is 23.4 Å². The Bertz CT molecular complexity index is 1090. The Morgan fingerprint density at radius 2 is 1.96 bits per heavy atom. The molecule has 0 aliphatic heterocycles. The minimum absolute atomic E-state index is 0.0572. The molecule has 0 saturated heterocycles. The maximum atomic E-state index is 13.9. The Morgan fingerprint density at radius 1 is 1.18 bits per heavy atom. The lowest BCUT2D eigenvalue weighted by Gasteiger charge is -2.14. The van der Waals surface area contributed by atoms with Crippen LogP contribution in [0.3, 0.4) is 0 Å². The first-order valence-electron chi connectivity index (χ1n) is 8.04. The van der Waals surface area contributed by atoms with Gasteiger partial charge in [-0.2, -0.15) is 5.10 Å². The number of carbonyl (C=O) groups excluding carboxylic acids is 1. The summed E-state index contributed by atoms with van der Waals surface area (Å²) in [5.74, 6) is -1.27. The van der Waals surface area contributed by atoms with E-state index in [9.17, 15) is 17.6 Å². The molecule has 0 fully saturated rings. The lowest BCUT2D eigenvalue weighted by molar-refractivity contribution is -0.116. The van der Waals surface area contributed by atoms with E-state index in [0.717, 1.165) is 12.1 Å². The Balaban J connectivity index is 1.79. The normalized spacial score (nSPS) is 11.2. The van der Waals surface area contributed by atoms with Crippen LogP contribution < -0.4 is 10.0 Å². The van der Waals surface area contributed by atoms with Gasteiger partial charge >= 0.3 is 0 Å². The van der Waals surface area contributed by atoms with Crippen molar-refractivity contribution in [1.29, 1.82) is 0 Å². The van der Waals surface area contributed by atoms with Crippen LogP contribution in [0.4, 0.5) is 15.8 Å². The van der Waals surface area contributed by atoms with E-state index >= 15 is 0 Å². The number of rotatable bonds is 7. The van der Waals surface area contributed by atoms with Crippen LogP contribution in [0.5, 0.6) is 0 Å². The smallest absolute Gasteiger partial charge is 0.264 e. The predicted octanol–water partition coefficient (Wildman–Crippen LogP) is 2.90. The first kappa shape index (κ1) is 19.8. The number of hydrogen-bond acceptors (Lipinski definition) is 5. The van der Waals surface area contributed by atoms with Crippen LogP contribution >= 0.6 is 11.6 Å². The highest BCUT2D eigenvalue weighted by Crippen LogP contribution is 2.28. The fourth-order valence-electron chi connectivity index (χ4n) is 2.35. The van der Waals surface area contributed by atoms with Crippen LogP contribution in [-0.4, -0.2) is 29.1 Å². The van der Waals surface area contributed by atoms with Crippen molar-refractivity contribution in [2.45, 2.75) is 17.9 Å². The molecule has 0 aliphatic carbocycles. The molecule has 2 aromatic carbocycles. The van der Waals surface area contributed by atoms with Gasteiger partial charge in [-0.3, -0.25) is 14.2 Å². The number of anilines is 2. The monoisotopic (exact) mass is 423 g/mol. The van der Waals surface area contributed by atoms with Crippen molar-refractivity contribution >= 4 is 38.9 Å². The summed E-state index contributed by atoms with van der Waals surface area (Å²) in [4.78, 5) is 15.5. The second-order valence-electron chi connectivity index (χ2n) is 5.68. The highest BCUT2D eigenvalue weighted by molar-refractivity contribution is 7.92. The topological polar surface area (TPSA) is 106 Å². The van der Waals surface area contributed by atoms with Crippen LogP contribution in [0.15, 0.2) is 60.0 Å². The number of aryl methyl sites for hydroxylation is 1. The Labute approximate surface area is 165 Å². The number of hydrogen-bond donors (Lipinski definition) is 2. The molecule has 0 aliphatic rings. The molecule has 2 N–H and O–H groups in total. The van der Waals surface area contributed by atoms with E-state index in [1.54, 1.807) is 0 Å². The summed E-state index contributed by atoms with van der Waals surface area (Å²) in [5.41, 5.74) is 0.206. The van der Waals surface area contributed by atoms with Crippen LogP contribution in [0.1, 0.15) is 6.42 Å². The molecule has 0 radical (unpaired) electrons. The molecule has 0 bridgehead atoms. The zero-order chi connectivity index (χ0) is 20.1. The summed E-state index contributed by atoms with van der Waals surface area (Å²) in [6.45, 7) is 0.294. The Kier molecular flexibility index (Phi) is 5.90. The minimum Gasteiger partial charge on any atom is -0.324 e. The number of nitrogens with zero attached hydrogens (tertiary/aromatic N) is 3. The second-order valence-corrected chi connectivity index (χ2v) is 7.77. The van der Waals surface area contributed by atoms with Gasteiger partial charge < -0.3 is 5.32 Å². The van der Waals surface area contributed by atoms with Crippen molar-refractivity contribution in [1.82, 2.24) is 14.8 Å². The molecule has 0 saturated carbocycles. The molecule has 146 valence electrons. The van der Waals surface area contributed by atoms with Gasteiger partial charge in [0.2, 0.25) is 5.91 Å². The van der Waals surface area contributed by atoms with Gasteiger partial charge in [0, 0.05) is 11.4 Å². The van der Waals surface area contributed by atoms with Crippen LogP contribution in [0.2, 0.25) is 5.02 Å². The van der Waals surface area contributed by atoms with E-state index in [2.05, 4.69) is 20.1 Å². The van der Waals surface area contributed by atoms with Gasteiger partial charge in [-0.1, -0.05) is 23.7 Å². The fraction of sp³-hybridized carbons (Fsp3) is 0.118. The lowest BCUT2D eigenvalue weighted by atomic mass is 10.2. The number of halogens is 2. The first-order chi connectivity index (χ1) is 13.3. The fourth-order valence-corrected chi connectivity index (χ4v) is 3.68. The van der Waals surface area contributed by atoms with Gasteiger partial charge in [0.15, 0.2) is 0 Å². The van der Waals surface area contributed by atoms with Gasteiger partial charge in [-0.25, -0.2) is 17.8 Å². The zero-order valence-corrected chi connectivity index (χ0v) is 15.9. The molecule has 0 unspecified atom stereocenters. The van der Waals surface area contributed by atoms with E-state index in [0.29, 0.717) is 11.6 Å². The van der Waals surface area contributed by atoms with Gasteiger partial charge in [0.05, 0.1) is 17.9 Å². The third-order valence-electron chi connectivity index (χ3n) is 3.66. The summed E-state index contributed by atoms with van der Waals surface area (Å²) in [6.07, 6.45) is 2.90. The first-order valence-corrected chi connectivity index (χ1v) is 9.90. The largest absolute Gasteiger partial charge is 0.324 e. The maximum Gasteiger partial charge on any atom is 0.264 e. The summed E-state index contributed by atoms with van der Waals surface area (Å²) >= 11 is 5.96. The van der Waals surface area contributed by atoms with Crippen molar-refractivity contribution in [3.05, 3.63) is 66.0 Å². The Hall–Kier alpha value is -2.98. The second kappa shape index (κ2) is 8.36. The van der Waals surface area contributed by atoms with Gasteiger partial charge in [-0.05, 0) is 30.3 Å². The lowest BCUT2D eigenvalue weighted by Crippen LogP contribution is -2.19. The molecule has 1 heterocycles. The van der Waals surface area contributed by atoms with Crippen LogP contribution in [0.25, 0.3) is 0 Å². The van der Waals surface area contributed by atoms with Gasteiger partial charge in [-0.15, -0.1) is 0 Å². The summed E-state index contributed by atoms with van der Waals surface area (Å²) < 4.78 is 42.7. The number of sulfonamides is 1. The molecule has 0 spiro atoms. The number of aromatic nitrogens is 3. The zero-order valence-electron chi connectivity index (χ0n) is 14.3. The molecule has 28 heavy (non-hydrogen) atoms. The highest BCUT2D eigenvalue weighted by atomic mass is 35.5. The molecular weight excluding hydrogens is 409 g/mol. The number of amides is 1. The minimum atomic E-state index is -4.20. The number of carbonyl (C=O) groups is 1. The van der Waals surface area contributed by atoms with E-state index < -0.39 is 20.7 Å². The highest BCUT2D eigenvalue weighted by Gasteiger charge is 2.20. The number of benzene rings is 2. The number of nitrogens with one attached hydrogen (secondary N) is 2. The molecule has 0 atom stereocenters. The predicted molar refractivity (Wildman–Crippen MR) is 102 cm³/mol. The summed E-state index contributed by atoms with van der Waals surface area (Å²) in [7, 11) is -4.20. The van der Waals surface area contributed by atoms with Crippen molar-refractivity contribution < 1.29 is 17.6 Å². The van der Waals surface area contributed by atoms with E-state index in [-0.39, 0.29) is 23.7 Å². The van der Waals surface area contributed by atoms with Crippen molar-refractivity contribution in [3.63, 3.8) is 0 Å². The van der Waals surface area contributed by atoms with Gasteiger partial charge in [0.25, 0.3) is 10.0 Å². The molecule has 1 amide bonds. The van der Waals surface area contributed by atoms with Crippen molar-refractivity contribution in [2.75, 3.05) is 10.0 Å². The molecule has 11 heteroatoms. The molecular formula is C17H15ClFN5O3S. The average molecular weight is 424 g/mol. The molecule has 8 nitrogen and oxygen atoms in total. The summed E-state index contributed by atoms with van der Waals surface area (Å²) in [5, 5.41) is 6.78. The quantitative estimate of drug-likeness (QED) is 0.607. The van der Waals surface area contributed by atoms with Crippen LogP contribution in [-0.2, 0) is 21.4 Å². The molecule has 3 rings (SSSR count). The standard InChI is InChI=1S/C17H15ClFN5O3S/c18-12-5-6-14(23-28(26,27)16-4-2-1-3-13(16)19)15(9-12)22-17(25)7-8-24-11-20-10-21-24/h1-6,9-11,23H,7-8H2,(H,22,25). The molecule has 1 aromatic heterocycles. The van der Waals surface area contributed by atoms with Crippen LogP contribution in [0, 0.1) is 5.82 Å². The third kappa shape index (κ3) is 4.84. The van der Waals surface area contributed by atoms with E-state index in [4.69, 9.17) is 11.6 Å². The SMILES string of the molecule is O=C(CCn1cncn1)Nc1cc(Cl)ccc1NS(=O)(=O)c1ccccc1F. The van der Waals surface area contributed by atoms with E-state index in [1.165, 1.54) is 47.7 Å².